The molecule has 0 unspecified atom stereocenters. The number of nitrogens with one attached hydrogen (secondary N) is 1. The second kappa shape index (κ2) is 13.6. The molecule has 0 saturated carbocycles. The Morgan fingerprint density at radius 1 is 1.03 bits per heavy atom. The minimum Gasteiger partial charge on any atom is -0.458 e. The average molecular weight is 529 g/mol. The van der Waals surface area contributed by atoms with E-state index in [0.717, 1.165) is 0 Å². The van der Waals surface area contributed by atoms with Gasteiger partial charge in [0.2, 0.25) is 5.91 Å². The van der Waals surface area contributed by atoms with Crippen molar-refractivity contribution < 1.29 is 38.4 Å². The SMILES string of the molecule is C/C=C\[C@@H]1C[C@H](C(=O)OC(C)(C)C)N(C(=O)OC(C)(C)C)[C@H]1[C@@H](NC(C)=O)[C@@](C)(O)COCCOCC. The fourth-order valence-electron chi connectivity index (χ4n) is 4.37. The quantitative estimate of drug-likeness (QED) is 0.238. The molecule has 2 N–H and O–H groups in total. The summed E-state index contributed by atoms with van der Waals surface area (Å²) < 4.78 is 22.3. The van der Waals surface area contributed by atoms with Gasteiger partial charge in [-0.05, 0) is 68.7 Å². The lowest BCUT2D eigenvalue weighted by Gasteiger charge is -2.43. The molecule has 1 aliphatic heterocycles. The van der Waals surface area contributed by atoms with E-state index in [1.807, 2.05) is 26.0 Å². The van der Waals surface area contributed by atoms with Crippen molar-refractivity contribution in [3.8, 4) is 0 Å². The zero-order valence-electron chi connectivity index (χ0n) is 24.3. The molecule has 0 aromatic heterocycles. The first kappa shape index (κ1) is 32.9. The Labute approximate surface area is 222 Å². The number of ether oxygens (including phenoxy) is 4. The van der Waals surface area contributed by atoms with Crippen molar-refractivity contribution in [3.05, 3.63) is 12.2 Å². The van der Waals surface area contributed by atoms with Gasteiger partial charge in [-0.15, -0.1) is 0 Å². The molecule has 37 heavy (non-hydrogen) atoms. The Balaban J connectivity index is 3.55. The molecule has 0 radical (unpaired) electrons. The topological polar surface area (TPSA) is 124 Å². The average Bonchev–Trinajstić information content (AvgIpc) is 3.08. The standard InChI is InChI=1S/C27H48N2O8/c1-11-13-19-16-20(23(31)36-25(4,5)6)29(24(32)37-26(7,8)9)21(19)22(28-18(3)30)27(10,33)17-35-15-14-34-12-2/h11,13,19-22,33H,12,14-17H2,1-10H3,(H,28,30)/b13-11-/t19-,20-,21-,22-,27+/m1/s1. The van der Waals surface area contributed by atoms with Gasteiger partial charge in [0, 0.05) is 19.4 Å². The summed E-state index contributed by atoms with van der Waals surface area (Å²) in [5.41, 5.74) is -3.22. The van der Waals surface area contributed by atoms with E-state index < -0.39 is 52.9 Å². The highest BCUT2D eigenvalue weighted by molar-refractivity contribution is 5.83. The van der Waals surface area contributed by atoms with Crippen LogP contribution in [0, 0.1) is 5.92 Å². The Morgan fingerprint density at radius 3 is 2.08 bits per heavy atom. The number of nitrogens with zero attached hydrogens (tertiary/aromatic N) is 1. The Bertz CT molecular complexity index is 797. The number of allylic oxidation sites excluding steroid dienone is 1. The summed E-state index contributed by atoms with van der Waals surface area (Å²) in [5, 5.41) is 14.4. The molecular weight excluding hydrogens is 480 g/mol. The van der Waals surface area contributed by atoms with Gasteiger partial charge in [0.05, 0.1) is 31.9 Å². The number of rotatable bonds is 11. The lowest BCUT2D eigenvalue weighted by molar-refractivity contribution is -0.161. The van der Waals surface area contributed by atoms with Crippen LogP contribution in [0.5, 0.6) is 0 Å². The Hall–Kier alpha value is -2.17. The van der Waals surface area contributed by atoms with Gasteiger partial charge in [0.15, 0.2) is 0 Å². The molecule has 1 fully saturated rings. The van der Waals surface area contributed by atoms with Gasteiger partial charge in [-0.1, -0.05) is 12.2 Å². The number of carbonyl (C=O) groups is 3. The number of amides is 2. The predicted octanol–water partition coefficient (Wildman–Crippen LogP) is 3.21. The van der Waals surface area contributed by atoms with Crippen LogP contribution in [-0.4, -0.2) is 89.3 Å². The highest BCUT2D eigenvalue weighted by atomic mass is 16.6. The van der Waals surface area contributed by atoms with Crippen LogP contribution in [0.1, 0.15) is 75.7 Å². The van der Waals surface area contributed by atoms with E-state index in [2.05, 4.69) is 5.32 Å². The number of hydrogen-bond acceptors (Lipinski definition) is 8. The minimum atomic E-state index is -1.61. The molecule has 0 bridgehead atoms. The molecular formula is C27H48N2O8. The zero-order chi connectivity index (χ0) is 28.6. The van der Waals surface area contributed by atoms with Crippen LogP contribution in [0.3, 0.4) is 0 Å². The van der Waals surface area contributed by atoms with Gasteiger partial charge < -0.3 is 29.4 Å². The zero-order valence-corrected chi connectivity index (χ0v) is 24.3. The fraction of sp³-hybridized carbons (Fsp3) is 0.815. The molecule has 1 rings (SSSR count). The predicted molar refractivity (Wildman–Crippen MR) is 140 cm³/mol. The van der Waals surface area contributed by atoms with Crippen LogP contribution in [0.2, 0.25) is 0 Å². The molecule has 10 nitrogen and oxygen atoms in total. The maximum Gasteiger partial charge on any atom is 0.411 e. The van der Waals surface area contributed by atoms with Crippen LogP contribution in [0.4, 0.5) is 4.79 Å². The third kappa shape index (κ3) is 10.6. The van der Waals surface area contributed by atoms with E-state index in [4.69, 9.17) is 18.9 Å². The number of aliphatic hydroxyl groups is 1. The second-order valence-corrected chi connectivity index (χ2v) is 11.6. The monoisotopic (exact) mass is 528 g/mol. The number of carbonyl (C=O) groups excluding carboxylic acids is 3. The normalized spacial score (nSPS) is 23.0. The molecule has 0 aromatic carbocycles. The van der Waals surface area contributed by atoms with Gasteiger partial charge in [-0.3, -0.25) is 9.69 Å². The largest absolute Gasteiger partial charge is 0.458 e. The van der Waals surface area contributed by atoms with Crippen LogP contribution in [0.15, 0.2) is 12.2 Å². The van der Waals surface area contributed by atoms with Gasteiger partial charge in [0.1, 0.15) is 22.8 Å². The van der Waals surface area contributed by atoms with Crippen molar-refractivity contribution in [1.29, 1.82) is 0 Å². The van der Waals surface area contributed by atoms with Gasteiger partial charge in [-0.2, -0.15) is 0 Å². The lowest BCUT2D eigenvalue weighted by Crippen LogP contribution is -2.65. The van der Waals surface area contributed by atoms with Crippen LogP contribution in [-0.2, 0) is 28.5 Å². The smallest absolute Gasteiger partial charge is 0.411 e. The highest BCUT2D eigenvalue weighted by Gasteiger charge is 2.55. The molecule has 1 aliphatic rings. The van der Waals surface area contributed by atoms with E-state index in [-0.39, 0.29) is 25.6 Å². The molecule has 214 valence electrons. The van der Waals surface area contributed by atoms with E-state index in [1.54, 1.807) is 41.5 Å². The molecule has 0 spiro atoms. The summed E-state index contributed by atoms with van der Waals surface area (Å²) in [7, 11) is 0. The molecule has 0 aromatic rings. The first-order valence-electron chi connectivity index (χ1n) is 13.0. The third-order valence-corrected chi connectivity index (χ3v) is 5.65. The Morgan fingerprint density at radius 2 is 1.59 bits per heavy atom. The van der Waals surface area contributed by atoms with E-state index >= 15 is 0 Å². The van der Waals surface area contributed by atoms with E-state index in [1.165, 1.54) is 18.7 Å². The van der Waals surface area contributed by atoms with Crippen molar-refractivity contribution in [2.75, 3.05) is 26.4 Å². The second-order valence-electron chi connectivity index (χ2n) is 11.6. The van der Waals surface area contributed by atoms with Crippen molar-refractivity contribution >= 4 is 18.0 Å². The number of esters is 1. The van der Waals surface area contributed by atoms with Gasteiger partial charge in [0.25, 0.3) is 0 Å². The summed E-state index contributed by atoms with van der Waals surface area (Å²) in [6, 6.07) is -2.79. The fourth-order valence-corrected chi connectivity index (χ4v) is 4.37. The summed E-state index contributed by atoms with van der Waals surface area (Å²) in [6.07, 6.45) is 3.19. The molecule has 2 amide bonds. The molecule has 5 atom stereocenters. The summed E-state index contributed by atoms with van der Waals surface area (Å²) in [5.74, 6) is -1.37. The van der Waals surface area contributed by atoms with Gasteiger partial charge >= 0.3 is 12.1 Å². The van der Waals surface area contributed by atoms with Crippen LogP contribution >= 0.6 is 0 Å². The van der Waals surface area contributed by atoms with Crippen molar-refractivity contribution in [2.24, 2.45) is 5.92 Å². The van der Waals surface area contributed by atoms with E-state index in [0.29, 0.717) is 13.2 Å². The molecule has 10 heteroatoms. The third-order valence-electron chi connectivity index (χ3n) is 5.65. The van der Waals surface area contributed by atoms with Gasteiger partial charge in [-0.25, -0.2) is 9.59 Å². The summed E-state index contributed by atoms with van der Waals surface area (Å²) in [6.45, 7) is 18.0. The van der Waals surface area contributed by atoms with Crippen LogP contribution < -0.4 is 5.32 Å². The minimum absolute atomic E-state index is 0.136. The van der Waals surface area contributed by atoms with Crippen molar-refractivity contribution in [3.63, 3.8) is 0 Å². The lowest BCUT2D eigenvalue weighted by atomic mass is 9.83. The number of likely N-dealkylation sites (tertiary alicyclic amines) is 1. The first-order valence-corrected chi connectivity index (χ1v) is 13.0. The first-order chi connectivity index (χ1) is 16.9. The Kier molecular flexibility index (Phi) is 12.1. The maximum absolute atomic E-state index is 13.6. The maximum atomic E-state index is 13.6. The highest BCUT2D eigenvalue weighted by Crippen LogP contribution is 2.38. The van der Waals surface area contributed by atoms with E-state index in [9.17, 15) is 19.5 Å². The summed E-state index contributed by atoms with van der Waals surface area (Å²) in [4.78, 5) is 40.5. The van der Waals surface area contributed by atoms with Crippen molar-refractivity contribution in [1.82, 2.24) is 10.2 Å². The number of hydrogen-bond donors (Lipinski definition) is 2. The van der Waals surface area contributed by atoms with Crippen molar-refractivity contribution in [2.45, 2.75) is 111 Å². The summed E-state index contributed by atoms with van der Waals surface area (Å²) >= 11 is 0. The molecule has 1 heterocycles. The van der Waals surface area contributed by atoms with Crippen LogP contribution in [0.25, 0.3) is 0 Å². The molecule has 0 aliphatic carbocycles. The molecule has 1 saturated heterocycles.